The molecule has 2 amide bonds. The monoisotopic (exact) mass is 294 g/mol. The Morgan fingerprint density at radius 3 is 2.57 bits per heavy atom. The van der Waals surface area contributed by atoms with Gasteiger partial charge in [0.15, 0.2) is 0 Å². The predicted octanol–water partition coefficient (Wildman–Crippen LogP) is 2.98. The van der Waals surface area contributed by atoms with Crippen LogP contribution in [0.2, 0.25) is 0 Å². The molecule has 0 bridgehead atoms. The summed E-state index contributed by atoms with van der Waals surface area (Å²) in [6.07, 6.45) is 2.57. The number of halogens is 1. The van der Waals surface area contributed by atoms with Gasteiger partial charge >= 0.3 is 12.0 Å². The minimum atomic E-state index is -1.22. The Kier molecular flexibility index (Phi) is 4.45. The second kappa shape index (κ2) is 6.11. The SMILES string of the molecule is CC1CCCC(NC(=O)Nc2ccc(F)cc2)(C(=O)O)C1. The molecule has 2 rings (SSSR count). The van der Waals surface area contributed by atoms with Crippen LogP contribution in [0.3, 0.4) is 0 Å². The number of benzene rings is 1. The van der Waals surface area contributed by atoms with E-state index in [1.807, 2.05) is 6.92 Å². The number of carboxylic acids is 1. The third kappa shape index (κ3) is 3.71. The van der Waals surface area contributed by atoms with E-state index < -0.39 is 23.4 Å². The van der Waals surface area contributed by atoms with Crippen LogP contribution >= 0.6 is 0 Å². The molecule has 0 spiro atoms. The molecule has 3 N–H and O–H groups in total. The lowest BCUT2D eigenvalue weighted by molar-refractivity contribution is -0.146. The molecule has 1 saturated carbocycles. The molecule has 114 valence electrons. The van der Waals surface area contributed by atoms with Crippen LogP contribution in [0.15, 0.2) is 24.3 Å². The molecule has 5 nitrogen and oxygen atoms in total. The molecule has 2 atom stereocenters. The fourth-order valence-electron chi connectivity index (χ4n) is 2.83. The van der Waals surface area contributed by atoms with Crippen LogP contribution in [-0.4, -0.2) is 22.6 Å². The van der Waals surface area contributed by atoms with Crippen molar-refractivity contribution in [2.45, 2.75) is 38.1 Å². The van der Waals surface area contributed by atoms with Gasteiger partial charge in [0.2, 0.25) is 0 Å². The zero-order valence-corrected chi connectivity index (χ0v) is 11.9. The Hall–Kier alpha value is -2.11. The molecular weight excluding hydrogens is 275 g/mol. The summed E-state index contributed by atoms with van der Waals surface area (Å²) in [6, 6.07) is 4.71. The Labute approximate surface area is 122 Å². The molecular formula is C15H19FN2O3. The maximum Gasteiger partial charge on any atom is 0.329 e. The van der Waals surface area contributed by atoms with E-state index in [9.17, 15) is 19.1 Å². The van der Waals surface area contributed by atoms with Gasteiger partial charge < -0.3 is 15.7 Å². The van der Waals surface area contributed by atoms with Crippen molar-refractivity contribution in [2.75, 3.05) is 5.32 Å². The Balaban J connectivity index is 2.05. The molecule has 1 aromatic rings. The van der Waals surface area contributed by atoms with E-state index >= 15 is 0 Å². The number of hydrogen-bond acceptors (Lipinski definition) is 2. The topological polar surface area (TPSA) is 78.4 Å². The average molecular weight is 294 g/mol. The zero-order valence-electron chi connectivity index (χ0n) is 11.9. The van der Waals surface area contributed by atoms with Crippen molar-refractivity contribution in [2.24, 2.45) is 5.92 Å². The Morgan fingerprint density at radius 2 is 2.00 bits per heavy atom. The second-order valence-electron chi connectivity index (χ2n) is 5.67. The van der Waals surface area contributed by atoms with Crippen LogP contribution in [-0.2, 0) is 4.79 Å². The third-order valence-electron chi connectivity index (χ3n) is 3.86. The second-order valence-corrected chi connectivity index (χ2v) is 5.67. The van der Waals surface area contributed by atoms with E-state index in [2.05, 4.69) is 10.6 Å². The van der Waals surface area contributed by atoms with Gasteiger partial charge in [-0.05, 0) is 43.0 Å². The largest absolute Gasteiger partial charge is 0.480 e. The Bertz CT molecular complexity index is 532. The number of nitrogens with one attached hydrogen (secondary N) is 2. The molecule has 0 saturated heterocycles. The summed E-state index contributed by atoms with van der Waals surface area (Å²) in [4.78, 5) is 23.6. The number of aliphatic carboxylic acids is 1. The summed E-state index contributed by atoms with van der Waals surface area (Å²) in [5, 5.41) is 14.6. The maximum absolute atomic E-state index is 12.8. The number of anilines is 1. The normalized spacial score (nSPS) is 25.1. The highest BCUT2D eigenvalue weighted by molar-refractivity contribution is 5.94. The van der Waals surface area contributed by atoms with Gasteiger partial charge in [0.05, 0.1) is 0 Å². The van der Waals surface area contributed by atoms with Crippen molar-refractivity contribution >= 4 is 17.7 Å². The lowest BCUT2D eigenvalue weighted by atomic mass is 9.76. The molecule has 0 aliphatic heterocycles. The fourth-order valence-corrected chi connectivity index (χ4v) is 2.83. The predicted molar refractivity (Wildman–Crippen MR) is 76.6 cm³/mol. The Morgan fingerprint density at radius 1 is 1.33 bits per heavy atom. The van der Waals surface area contributed by atoms with Gasteiger partial charge in [-0.15, -0.1) is 0 Å². The van der Waals surface area contributed by atoms with E-state index in [4.69, 9.17) is 0 Å². The number of carbonyl (C=O) groups is 2. The van der Waals surface area contributed by atoms with Crippen LogP contribution in [0.5, 0.6) is 0 Å². The van der Waals surface area contributed by atoms with Crippen molar-refractivity contribution in [1.29, 1.82) is 0 Å². The number of carbonyl (C=O) groups excluding carboxylic acids is 1. The van der Waals surface area contributed by atoms with Gasteiger partial charge in [0, 0.05) is 5.69 Å². The van der Waals surface area contributed by atoms with E-state index in [-0.39, 0.29) is 5.92 Å². The highest BCUT2D eigenvalue weighted by atomic mass is 19.1. The van der Waals surface area contributed by atoms with Gasteiger partial charge in [-0.1, -0.05) is 19.8 Å². The van der Waals surface area contributed by atoms with Crippen molar-refractivity contribution in [1.82, 2.24) is 5.32 Å². The summed E-state index contributed by atoms with van der Waals surface area (Å²) in [5.41, 5.74) is -0.805. The van der Waals surface area contributed by atoms with Gasteiger partial charge in [-0.3, -0.25) is 0 Å². The molecule has 0 radical (unpaired) electrons. The van der Waals surface area contributed by atoms with Crippen molar-refractivity contribution in [3.05, 3.63) is 30.1 Å². The highest BCUT2D eigenvalue weighted by Crippen LogP contribution is 2.32. The molecule has 1 aromatic carbocycles. The minimum Gasteiger partial charge on any atom is -0.480 e. The summed E-state index contributed by atoms with van der Waals surface area (Å²) in [7, 11) is 0. The van der Waals surface area contributed by atoms with E-state index in [1.54, 1.807) is 0 Å². The van der Waals surface area contributed by atoms with Gasteiger partial charge in [0.25, 0.3) is 0 Å². The summed E-state index contributed by atoms with van der Waals surface area (Å²) in [5.74, 6) is -1.16. The lowest BCUT2D eigenvalue weighted by Gasteiger charge is -2.36. The molecule has 6 heteroatoms. The van der Waals surface area contributed by atoms with Gasteiger partial charge in [-0.25, -0.2) is 14.0 Å². The van der Waals surface area contributed by atoms with Crippen molar-refractivity contribution in [3.63, 3.8) is 0 Å². The van der Waals surface area contributed by atoms with Crippen molar-refractivity contribution < 1.29 is 19.1 Å². The van der Waals surface area contributed by atoms with Crippen LogP contribution in [0.4, 0.5) is 14.9 Å². The van der Waals surface area contributed by atoms with Crippen LogP contribution in [0.25, 0.3) is 0 Å². The smallest absolute Gasteiger partial charge is 0.329 e. The highest BCUT2D eigenvalue weighted by Gasteiger charge is 2.43. The summed E-state index contributed by atoms with van der Waals surface area (Å²) < 4.78 is 12.8. The zero-order chi connectivity index (χ0) is 15.5. The van der Waals surface area contributed by atoms with E-state index in [1.165, 1.54) is 24.3 Å². The lowest BCUT2D eigenvalue weighted by Crippen LogP contribution is -2.57. The first-order valence-corrected chi connectivity index (χ1v) is 6.99. The molecule has 1 fully saturated rings. The van der Waals surface area contributed by atoms with Gasteiger partial charge in [-0.2, -0.15) is 0 Å². The van der Waals surface area contributed by atoms with Gasteiger partial charge in [0.1, 0.15) is 11.4 Å². The van der Waals surface area contributed by atoms with Crippen molar-refractivity contribution in [3.8, 4) is 0 Å². The van der Waals surface area contributed by atoms with E-state index in [0.717, 1.165) is 12.8 Å². The van der Waals surface area contributed by atoms with Crippen LogP contribution in [0, 0.1) is 11.7 Å². The minimum absolute atomic E-state index is 0.251. The first kappa shape index (κ1) is 15.3. The standard InChI is InChI=1S/C15H19FN2O3/c1-10-3-2-8-15(9-10,13(19)20)18-14(21)17-12-6-4-11(16)5-7-12/h4-7,10H,2-3,8-9H2,1H3,(H,19,20)(H2,17,18,21). The molecule has 21 heavy (non-hydrogen) atoms. The maximum atomic E-state index is 12.8. The number of rotatable bonds is 3. The molecule has 0 aromatic heterocycles. The molecule has 2 unspecified atom stereocenters. The molecule has 0 heterocycles. The first-order valence-electron chi connectivity index (χ1n) is 6.99. The summed E-state index contributed by atoms with van der Waals surface area (Å²) in [6.45, 7) is 1.98. The van der Waals surface area contributed by atoms with E-state index in [0.29, 0.717) is 18.5 Å². The number of urea groups is 1. The number of carboxylic acid groups (broad SMARTS) is 1. The first-order chi connectivity index (χ1) is 9.91. The quantitative estimate of drug-likeness (QED) is 0.802. The van der Waals surface area contributed by atoms with Crippen LogP contribution < -0.4 is 10.6 Å². The third-order valence-corrected chi connectivity index (χ3v) is 3.86. The fraction of sp³-hybridized carbons (Fsp3) is 0.467. The average Bonchev–Trinajstić information content (AvgIpc) is 2.41. The van der Waals surface area contributed by atoms with Crippen LogP contribution in [0.1, 0.15) is 32.6 Å². The number of amides is 2. The molecule has 1 aliphatic rings. The summed E-state index contributed by atoms with van der Waals surface area (Å²) >= 11 is 0. The molecule has 1 aliphatic carbocycles. The number of hydrogen-bond donors (Lipinski definition) is 3.